The lowest BCUT2D eigenvalue weighted by Gasteiger charge is -2.36. The van der Waals surface area contributed by atoms with E-state index in [9.17, 15) is 18.7 Å². The quantitative estimate of drug-likeness (QED) is 0.903. The molecule has 1 aromatic heterocycles. The Labute approximate surface area is 104 Å². The molecular weight excluding hydrogens is 240 g/mol. The van der Waals surface area contributed by atoms with Gasteiger partial charge in [-0.05, 0) is 25.0 Å². The molecule has 1 saturated carbocycles. The molecule has 0 unspecified atom stereocenters. The molecule has 0 radical (unpaired) electrons. The number of alkyl halides is 2. The Morgan fingerprint density at radius 2 is 1.94 bits per heavy atom. The number of halogens is 2. The van der Waals surface area contributed by atoms with Crippen LogP contribution in [-0.2, 0) is 11.2 Å². The molecule has 0 aliphatic heterocycles. The summed E-state index contributed by atoms with van der Waals surface area (Å²) in [6.07, 6.45) is 1.11. The maximum Gasteiger partial charge on any atom is 0.310 e. The van der Waals surface area contributed by atoms with Crippen molar-refractivity contribution in [2.45, 2.75) is 38.0 Å². The highest BCUT2D eigenvalue weighted by Gasteiger charge is 2.48. The summed E-state index contributed by atoms with van der Waals surface area (Å²) in [5, 5.41) is 9.35. The number of hydrogen-bond acceptors (Lipinski definition) is 2. The maximum absolute atomic E-state index is 13.1. The van der Waals surface area contributed by atoms with Crippen molar-refractivity contribution in [1.82, 2.24) is 4.98 Å². The smallest absolute Gasteiger partial charge is 0.310 e. The van der Waals surface area contributed by atoms with E-state index in [1.165, 1.54) is 0 Å². The molecule has 1 aliphatic carbocycles. The molecule has 0 bridgehead atoms. The molecule has 1 aromatic rings. The van der Waals surface area contributed by atoms with Crippen LogP contribution in [0.25, 0.3) is 0 Å². The van der Waals surface area contributed by atoms with Crippen molar-refractivity contribution >= 4 is 5.97 Å². The second-order valence-corrected chi connectivity index (χ2v) is 4.94. The molecule has 0 saturated heterocycles. The van der Waals surface area contributed by atoms with Crippen LogP contribution in [0.2, 0.25) is 0 Å². The van der Waals surface area contributed by atoms with Crippen LogP contribution in [-0.4, -0.2) is 22.0 Å². The SMILES string of the molecule is O=C(O)C1(Cc2ccccn2)CCC(F)(F)CC1. The average Bonchev–Trinajstić information content (AvgIpc) is 2.33. The average molecular weight is 255 g/mol. The van der Waals surface area contributed by atoms with Gasteiger partial charge in [-0.2, -0.15) is 0 Å². The van der Waals surface area contributed by atoms with E-state index in [0.29, 0.717) is 5.69 Å². The highest BCUT2D eigenvalue weighted by atomic mass is 19.3. The van der Waals surface area contributed by atoms with Gasteiger partial charge in [0.1, 0.15) is 0 Å². The topological polar surface area (TPSA) is 50.2 Å². The van der Waals surface area contributed by atoms with Gasteiger partial charge in [0, 0.05) is 31.2 Å². The van der Waals surface area contributed by atoms with Gasteiger partial charge in [-0.1, -0.05) is 6.07 Å². The molecule has 18 heavy (non-hydrogen) atoms. The number of aliphatic carboxylic acids is 1. The van der Waals surface area contributed by atoms with Crippen LogP contribution in [0.15, 0.2) is 24.4 Å². The van der Waals surface area contributed by atoms with Crippen LogP contribution in [0, 0.1) is 5.41 Å². The number of carboxylic acid groups (broad SMARTS) is 1. The molecule has 0 atom stereocenters. The third kappa shape index (κ3) is 2.66. The fourth-order valence-electron chi connectivity index (χ4n) is 2.41. The molecule has 2 rings (SSSR count). The van der Waals surface area contributed by atoms with Gasteiger partial charge in [0.2, 0.25) is 5.92 Å². The van der Waals surface area contributed by atoms with E-state index in [-0.39, 0.29) is 32.1 Å². The van der Waals surface area contributed by atoms with Crippen molar-refractivity contribution in [1.29, 1.82) is 0 Å². The normalized spacial score (nSPS) is 21.4. The Bertz CT molecular complexity index is 424. The summed E-state index contributed by atoms with van der Waals surface area (Å²) in [6, 6.07) is 5.25. The highest BCUT2D eigenvalue weighted by Crippen LogP contribution is 2.45. The Balaban J connectivity index is 2.17. The molecule has 5 heteroatoms. The molecule has 1 fully saturated rings. The number of pyridine rings is 1. The molecule has 0 amide bonds. The zero-order valence-electron chi connectivity index (χ0n) is 9.90. The molecule has 1 N–H and O–H groups in total. The molecule has 98 valence electrons. The van der Waals surface area contributed by atoms with Crippen molar-refractivity contribution in [2.24, 2.45) is 5.41 Å². The van der Waals surface area contributed by atoms with Crippen LogP contribution in [0.3, 0.4) is 0 Å². The number of carbonyl (C=O) groups is 1. The van der Waals surface area contributed by atoms with E-state index in [0.717, 1.165) is 0 Å². The van der Waals surface area contributed by atoms with Gasteiger partial charge < -0.3 is 5.11 Å². The third-order valence-corrected chi connectivity index (χ3v) is 3.64. The first kappa shape index (κ1) is 12.9. The summed E-state index contributed by atoms with van der Waals surface area (Å²) >= 11 is 0. The Morgan fingerprint density at radius 1 is 1.28 bits per heavy atom. The minimum Gasteiger partial charge on any atom is -0.481 e. The molecule has 1 heterocycles. The lowest BCUT2D eigenvalue weighted by molar-refractivity contribution is -0.156. The second-order valence-electron chi connectivity index (χ2n) is 4.94. The van der Waals surface area contributed by atoms with Gasteiger partial charge in [-0.15, -0.1) is 0 Å². The van der Waals surface area contributed by atoms with Crippen LogP contribution >= 0.6 is 0 Å². The van der Waals surface area contributed by atoms with Crippen LogP contribution in [0.5, 0.6) is 0 Å². The molecule has 0 aromatic carbocycles. The number of aromatic nitrogens is 1. The molecular formula is C13H15F2NO2. The predicted molar refractivity (Wildman–Crippen MR) is 61.4 cm³/mol. The first-order chi connectivity index (χ1) is 8.44. The molecule has 3 nitrogen and oxygen atoms in total. The maximum atomic E-state index is 13.1. The van der Waals surface area contributed by atoms with E-state index < -0.39 is 17.3 Å². The van der Waals surface area contributed by atoms with Gasteiger partial charge in [0.05, 0.1) is 5.41 Å². The van der Waals surface area contributed by atoms with Crippen LogP contribution in [0.4, 0.5) is 8.78 Å². The summed E-state index contributed by atoms with van der Waals surface area (Å²) in [4.78, 5) is 15.5. The first-order valence-electron chi connectivity index (χ1n) is 5.95. The van der Waals surface area contributed by atoms with Crippen molar-refractivity contribution < 1.29 is 18.7 Å². The summed E-state index contributed by atoms with van der Waals surface area (Å²) in [5.74, 6) is -3.72. The van der Waals surface area contributed by atoms with Gasteiger partial charge in [0.15, 0.2) is 0 Å². The van der Waals surface area contributed by atoms with Crippen LogP contribution < -0.4 is 0 Å². The lowest BCUT2D eigenvalue weighted by Crippen LogP contribution is -2.41. The zero-order valence-corrected chi connectivity index (χ0v) is 9.90. The fraction of sp³-hybridized carbons (Fsp3) is 0.538. The van der Waals surface area contributed by atoms with Gasteiger partial charge in [0.25, 0.3) is 0 Å². The largest absolute Gasteiger partial charge is 0.481 e. The zero-order chi connectivity index (χ0) is 13.2. The van der Waals surface area contributed by atoms with Gasteiger partial charge in [-0.25, -0.2) is 8.78 Å². The second kappa shape index (κ2) is 4.63. The Morgan fingerprint density at radius 3 is 2.44 bits per heavy atom. The number of nitrogens with zero attached hydrogens (tertiary/aromatic N) is 1. The standard InChI is InChI=1S/C13H15F2NO2/c14-13(15)6-4-12(5-7-13,11(17)18)9-10-3-1-2-8-16-10/h1-3,8H,4-7,9H2,(H,17,18). The van der Waals surface area contributed by atoms with Crippen molar-refractivity contribution in [3.63, 3.8) is 0 Å². The van der Waals surface area contributed by atoms with E-state index in [1.807, 2.05) is 0 Å². The predicted octanol–water partition coefficient (Wildman–Crippen LogP) is 2.90. The number of hydrogen-bond donors (Lipinski definition) is 1. The fourth-order valence-corrected chi connectivity index (χ4v) is 2.41. The summed E-state index contributed by atoms with van der Waals surface area (Å²) < 4.78 is 26.3. The molecule has 0 spiro atoms. The van der Waals surface area contributed by atoms with Gasteiger partial charge >= 0.3 is 5.97 Å². The van der Waals surface area contributed by atoms with E-state index in [1.54, 1.807) is 24.4 Å². The summed E-state index contributed by atoms with van der Waals surface area (Å²) in [7, 11) is 0. The first-order valence-corrected chi connectivity index (χ1v) is 5.95. The van der Waals surface area contributed by atoms with E-state index >= 15 is 0 Å². The van der Waals surface area contributed by atoms with Crippen molar-refractivity contribution in [3.05, 3.63) is 30.1 Å². The Hall–Kier alpha value is -1.52. The van der Waals surface area contributed by atoms with Crippen molar-refractivity contribution in [3.8, 4) is 0 Å². The van der Waals surface area contributed by atoms with Gasteiger partial charge in [-0.3, -0.25) is 9.78 Å². The lowest BCUT2D eigenvalue weighted by atomic mass is 9.70. The number of rotatable bonds is 3. The minimum atomic E-state index is -2.72. The van der Waals surface area contributed by atoms with E-state index in [2.05, 4.69) is 4.98 Å². The molecule has 1 aliphatic rings. The van der Waals surface area contributed by atoms with E-state index in [4.69, 9.17) is 0 Å². The summed E-state index contributed by atoms with van der Waals surface area (Å²) in [5.41, 5.74) is -0.444. The minimum absolute atomic E-state index is 0.00586. The monoisotopic (exact) mass is 255 g/mol. The van der Waals surface area contributed by atoms with Crippen molar-refractivity contribution in [2.75, 3.05) is 0 Å². The highest BCUT2D eigenvalue weighted by molar-refractivity contribution is 5.75. The summed E-state index contributed by atoms with van der Waals surface area (Å²) in [6.45, 7) is 0. The Kier molecular flexibility index (Phi) is 3.32. The van der Waals surface area contributed by atoms with Crippen LogP contribution in [0.1, 0.15) is 31.4 Å². The number of carboxylic acids is 1. The third-order valence-electron chi connectivity index (χ3n) is 3.64.